The molecule has 180 valence electrons. The summed E-state index contributed by atoms with van der Waals surface area (Å²) in [7, 11) is 3.55. The van der Waals surface area contributed by atoms with Crippen molar-refractivity contribution in [3.8, 4) is 0 Å². The lowest BCUT2D eigenvalue weighted by Crippen LogP contribution is -2.36. The third kappa shape index (κ3) is 12.9. The first-order valence-corrected chi connectivity index (χ1v) is 12.5. The van der Waals surface area contributed by atoms with E-state index in [1.165, 1.54) is 51.4 Å². The number of rotatable bonds is 21. The average molecular weight is 429 g/mol. The number of ether oxygens (including phenoxy) is 2. The lowest BCUT2D eigenvalue weighted by molar-refractivity contribution is -0.142. The van der Waals surface area contributed by atoms with Gasteiger partial charge in [-0.1, -0.05) is 79.1 Å². The van der Waals surface area contributed by atoms with Crippen LogP contribution in [0.4, 0.5) is 0 Å². The van der Waals surface area contributed by atoms with Gasteiger partial charge in [-0.2, -0.15) is 0 Å². The summed E-state index contributed by atoms with van der Waals surface area (Å²) in [5, 5.41) is 9.81. The standard InChI is InChI=1S/C26H52O4/c1-7-9-11-13-15-23(20-29-5)17-26(22(3)4,19-25(27)28)18-24(21-30-6)16-14-12-10-8-2/h22-24H,7-21H2,1-6H3,(H,27,28). The Bertz CT molecular complexity index is 384. The van der Waals surface area contributed by atoms with Crippen LogP contribution in [0.5, 0.6) is 0 Å². The maximum atomic E-state index is 11.9. The van der Waals surface area contributed by atoms with Crippen LogP contribution in [0.2, 0.25) is 0 Å². The molecule has 30 heavy (non-hydrogen) atoms. The number of methoxy groups -OCH3 is 2. The zero-order valence-corrected chi connectivity index (χ0v) is 21.0. The van der Waals surface area contributed by atoms with Gasteiger partial charge in [-0.3, -0.25) is 4.79 Å². The SMILES string of the molecule is CCCCCCC(COC)CC(CC(=O)O)(CC(CCCCCC)COC)C(C)C. The number of carbonyl (C=O) groups is 1. The molecule has 0 aliphatic heterocycles. The fourth-order valence-corrected chi connectivity index (χ4v) is 5.03. The highest BCUT2D eigenvalue weighted by Gasteiger charge is 2.40. The highest BCUT2D eigenvalue weighted by molar-refractivity contribution is 5.67. The molecule has 0 saturated carbocycles. The van der Waals surface area contributed by atoms with Gasteiger partial charge in [0.25, 0.3) is 0 Å². The Hall–Kier alpha value is -0.610. The lowest BCUT2D eigenvalue weighted by Gasteiger charge is -2.42. The van der Waals surface area contributed by atoms with E-state index in [9.17, 15) is 9.90 Å². The van der Waals surface area contributed by atoms with Crippen LogP contribution < -0.4 is 0 Å². The zero-order chi connectivity index (χ0) is 22.8. The molecule has 4 heteroatoms. The number of hydrogen-bond acceptors (Lipinski definition) is 3. The molecule has 0 amide bonds. The Morgan fingerprint density at radius 2 is 1.23 bits per heavy atom. The summed E-state index contributed by atoms with van der Waals surface area (Å²) >= 11 is 0. The largest absolute Gasteiger partial charge is 0.481 e. The smallest absolute Gasteiger partial charge is 0.303 e. The monoisotopic (exact) mass is 428 g/mol. The van der Waals surface area contributed by atoms with E-state index < -0.39 is 5.97 Å². The predicted octanol–water partition coefficient (Wildman–Crippen LogP) is 7.35. The van der Waals surface area contributed by atoms with Crippen LogP contribution in [-0.2, 0) is 14.3 Å². The molecular weight excluding hydrogens is 376 g/mol. The molecule has 0 aliphatic carbocycles. The summed E-state index contributed by atoms with van der Waals surface area (Å²) < 4.78 is 11.1. The number of carboxylic acids is 1. The van der Waals surface area contributed by atoms with Gasteiger partial charge in [-0.15, -0.1) is 0 Å². The number of unbranched alkanes of at least 4 members (excludes halogenated alkanes) is 6. The van der Waals surface area contributed by atoms with Gasteiger partial charge in [0.2, 0.25) is 0 Å². The van der Waals surface area contributed by atoms with Gasteiger partial charge >= 0.3 is 5.97 Å². The van der Waals surface area contributed by atoms with Gasteiger partial charge in [0.1, 0.15) is 0 Å². The first-order chi connectivity index (χ1) is 14.3. The second-order valence-corrected chi connectivity index (χ2v) is 9.84. The molecule has 1 N–H and O–H groups in total. The number of aliphatic carboxylic acids is 1. The molecule has 0 aliphatic rings. The summed E-state index contributed by atoms with van der Waals surface area (Å²) in [5.74, 6) is 0.500. The summed E-state index contributed by atoms with van der Waals surface area (Å²) in [5.41, 5.74) is -0.201. The molecule has 0 radical (unpaired) electrons. The summed E-state index contributed by atoms with van der Waals surface area (Å²) in [6.45, 7) is 10.4. The van der Waals surface area contributed by atoms with Crippen LogP contribution in [0.3, 0.4) is 0 Å². The Labute approximate surface area is 187 Å². The molecule has 0 spiro atoms. The van der Waals surface area contributed by atoms with E-state index >= 15 is 0 Å². The number of hydrogen-bond donors (Lipinski definition) is 1. The summed E-state index contributed by atoms with van der Waals surface area (Å²) in [6, 6.07) is 0. The normalized spacial score (nSPS) is 15.8. The molecule has 0 rings (SSSR count). The Balaban J connectivity index is 5.40. The number of carboxylic acid groups (broad SMARTS) is 1. The van der Waals surface area contributed by atoms with Crippen LogP contribution in [0, 0.1) is 23.2 Å². The fraction of sp³-hybridized carbons (Fsp3) is 0.962. The van der Waals surface area contributed by atoms with Crippen molar-refractivity contribution < 1.29 is 19.4 Å². The fourth-order valence-electron chi connectivity index (χ4n) is 5.03. The van der Waals surface area contributed by atoms with Gasteiger partial charge in [0.05, 0.1) is 6.42 Å². The third-order valence-corrected chi connectivity index (χ3v) is 6.86. The zero-order valence-electron chi connectivity index (χ0n) is 21.0. The van der Waals surface area contributed by atoms with E-state index in [0.29, 0.717) is 17.8 Å². The second-order valence-electron chi connectivity index (χ2n) is 9.84. The van der Waals surface area contributed by atoms with E-state index in [-0.39, 0.29) is 11.8 Å². The molecule has 0 aromatic rings. The topological polar surface area (TPSA) is 55.8 Å². The Morgan fingerprint density at radius 3 is 1.53 bits per heavy atom. The van der Waals surface area contributed by atoms with Gasteiger partial charge in [-0.05, 0) is 48.9 Å². The van der Waals surface area contributed by atoms with Crippen molar-refractivity contribution in [2.75, 3.05) is 27.4 Å². The second kappa shape index (κ2) is 18.0. The third-order valence-electron chi connectivity index (χ3n) is 6.86. The van der Waals surface area contributed by atoms with Gasteiger partial charge in [0.15, 0.2) is 0 Å². The predicted molar refractivity (Wildman–Crippen MR) is 127 cm³/mol. The van der Waals surface area contributed by atoms with Crippen LogP contribution in [-0.4, -0.2) is 38.5 Å². The lowest BCUT2D eigenvalue weighted by atomic mass is 9.63. The first-order valence-electron chi connectivity index (χ1n) is 12.5. The van der Waals surface area contributed by atoms with Gasteiger partial charge in [-0.25, -0.2) is 0 Å². The molecule has 0 aromatic carbocycles. The van der Waals surface area contributed by atoms with Gasteiger partial charge in [0, 0.05) is 27.4 Å². The minimum atomic E-state index is -0.673. The molecule has 0 saturated heterocycles. The highest BCUT2D eigenvalue weighted by atomic mass is 16.5. The quantitative estimate of drug-likeness (QED) is 0.194. The van der Waals surface area contributed by atoms with Crippen LogP contribution >= 0.6 is 0 Å². The molecule has 0 heterocycles. The molecule has 0 aromatic heterocycles. The van der Waals surface area contributed by atoms with Crippen molar-refractivity contribution in [3.63, 3.8) is 0 Å². The molecule has 0 bridgehead atoms. The minimum absolute atomic E-state index is 0.201. The molecular formula is C26H52O4. The highest BCUT2D eigenvalue weighted by Crippen LogP contribution is 2.45. The summed E-state index contributed by atoms with van der Waals surface area (Å²) in [4.78, 5) is 11.9. The molecule has 2 atom stereocenters. The van der Waals surface area contributed by atoms with Crippen LogP contribution in [0.25, 0.3) is 0 Å². The molecule has 4 nitrogen and oxygen atoms in total. The van der Waals surface area contributed by atoms with Crippen molar-refractivity contribution in [2.24, 2.45) is 23.2 Å². The Morgan fingerprint density at radius 1 is 0.800 bits per heavy atom. The van der Waals surface area contributed by atoms with Crippen molar-refractivity contribution in [1.29, 1.82) is 0 Å². The van der Waals surface area contributed by atoms with Crippen molar-refractivity contribution in [2.45, 2.75) is 111 Å². The summed E-state index contributed by atoms with van der Waals surface area (Å²) in [6.07, 6.45) is 14.3. The maximum absolute atomic E-state index is 11.9. The van der Waals surface area contributed by atoms with E-state index in [0.717, 1.165) is 38.9 Å². The van der Waals surface area contributed by atoms with E-state index in [4.69, 9.17) is 9.47 Å². The van der Waals surface area contributed by atoms with Crippen molar-refractivity contribution in [3.05, 3.63) is 0 Å². The average Bonchev–Trinajstić information content (AvgIpc) is 2.68. The van der Waals surface area contributed by atoms with E-state index in [1.807, 2.05) is 0 Å². The Kier molecular flexibility index (Phi) is 17.6. The van der Waals surface area contributed by atoms with Crippen molar-refractivity contribution in [1.82, 2.24) is 0 Å². The molecule has 0 fully saturated rings. The van der Waals surface area contributed by atoms with Crippen molar-refractivity contribution >= 4 is 5.97 Å². The van der Waals surface area contributed by atoms with E-state index in [1.54, 1.807) is 14.2 Å². The van der Waals surface area contributed by atoms with Crippen LogP contribution in [0.15, 0.2) is 0 Å². The maximum Gasteiger partial charge on any atom is 0.303 e. The minimum Gasteiger partial charge on any atom is -0.481 e. The molecule has 2 unspecified atom stereocenters. The van der Waals surface area contributed by atoms with Crippen LogP contribution in [0.1, 0.15) is 111 Å². The van der Waals surface area contributed by atoms with E-state index in [2.05, 4.69) is 27.7 Å². The van der Waals surface area contributed by atoms with Gasteiger partial charge < -0.3 is 14.6 Å². The first kappa shape index (κ1) is 29.4.